The summed E-state index contributed by atoms with van der Waals surface area (Å²) in [5.74, 6) is -0.911. The lowest BCUT2D eigenvalue weighted by molar-refractivity contribution is -0.139. The average Bonchev–Trinajstić information content (AvgIpc) is 2.94. The third-order valence-corrected chi connectivity index (χ3v) is 5.27. The molecule has 0 unspecified atom stereocenters. The van der Waals surface area contributed by atoms with Gasteiger partial charge in [0.25, 0.3) is 0 Å². The van der Waals surface area contributed by atoms with Gasteiger partial charge in [-0.15, -0.1) is 0 Å². The zero-order valence-corrected chi connectivity index (χ0v) is 16.4. The fourth-order valence-electron chi connectivity index (χ4n) is 2.66. The highest BCUT2D eigenvalue weighted by Crippen LogP contribution is 2.40. The number of esters is 1. The van der Waals surface area contributed by atoms with E-state index >= 15 is 0 Å². The molecule has 2 aromatic carbocycles. The SMILES string of the molecule is CCOC(=O)C1=C(Nc2ccc(C)c(C)c2)S/C(=C\c2ccccc2)C1=O. The van der Waals surface area contributed by atoms with Crippen LogP contribution < -0.4 is 5.32 Å². The number of carbonyl (C=O) groups excluding carboxylic acids is 2. The predicted octanol–water partition coefficient (Wildman–Crippen LogP) is 4.85. The number of carbonyl (C=O) groups is 2. The summed E-state index contributed by atoms with van der Waals surface area (Å²) in [5, 5.41) is 3.73. The minimum atomic E-state index is -0.599. The Kier molecular flexibility index (Phi) is 5.81. The highest BCUT2D eigenvalue weighted by Gasteiger charge is 2.35. The first-order valence-corrected chi connectivity index (χ1v) is 9.56. The molecule has 1 aliphatic heterocycles. The number of thioether (sulfide) groups is 1. The number of ether oxygens (including phenoxy) is 1. The van der Waals surface area contributed by atoms with Gasteiger partial charge in [0, 0.05) is 5.69 Å². The number of allylic oxidation sites excluding steroid dienone is 1. The molecule has 1 heterocycles. The first-order valence-electron chi connectivity index (χ1n) is 8.74. The molecule has 4 nitrogen and oxygen atoms in total. The van der Waals surface area contributed by atoms with E-state index in [0.717, 1.165) is 16.8 Å². The number of rotatable bonds is 5. The molecule has 138 valence electrons. The minimum absolute atomic E-state index is 0.0576. The van der Waals surface area contributed by atoms with E-state index in [0.29, 0.717) is 9.93 Å². The van der Waals surface area contributed by atoms with E-state index in [9.17, 15) is 9.59 Å². The molecule has 1 aliphatic rings. The Labute approximate surface area is 163 Å². The van der Waals surface area contributed by atoms with Gasteiger partial charge in [0.1, 0.15) is 5.57 Å². The molecule has 3 rings (SSSR count). The van der Waals surface area contributed by atoms with Crippen LogP contribution in [0.2, 0.25) is 0 Å². The van der Waals surface area contributed by atoms with E-state index in [1.165, 1.54) is 17.3 Å². The Balaban J connectivity index is 1.95. The Morgan fingerprint density at radius 1 is 1.11 bits per heavy atom. The second-order valence-electron chi connectivity index (χ2n) is 6.20. The van der Waals surface area contributed by atoms with Gasteiger partial charge in [0.15, 0.2) is 0 Å². The molecule has 0 radical (unpaired) electrons. The van der Waals surface area contributed by atoms with Crippen molar-refractivity contribution in [2.24, 2.45) is 0 Å². The number of nitrogens with one attached hydrogen (secondary N) is 1. The molecule has 0 aliphatic carbocycles. The van der Waals surface area contributed by atoms with E-state index in [1.807, 2.05) is 62.4 Å². The standard InChI is InChI=1S/C22H21NO3S/c1-4-26-22(25)19-20(24)18(13-16-8-6-5-7-9-16)27-21(19)23-17-11-10-14(2)15(3)12-17/h5-13,23H,4H2,1-3H3/b18-13-. The first kappa shape index (κ1) is 19.0. The first-order chi connectivity index (χ1) is 13.0. The lowest BCUT2D eigenvalue weighted by atomic mass is 10.1. The maximum absolute atomic E-state index is 12.9. The van der Waals surface area contributed by atoms with Crippen LogP contribution in [0.4, 0.5) is 5.69 Å². The van der Waals surface area contributed by atoms with E-state index in [1.54, 1.807) is 13.0 Å². The molecule has 0 saturated carbocycles. The highest BCUT2D eigenvalue weighted by atomic mass is 32.2. The van der Waals surface area contributed by atoms with E-state index in [2.05, 4.69) is 5.32 Å². The van der Waals surface area contributed by atoms with E-state index in [-0.39, 0.29) is 18.0 Å². The zero-order valence-electron chi connectivity index (χ0n) is 15.5. The van der Waals surface area contributed by atoms with Crippen molar-refractivity contribution in [2.75, 3.05) is 11.9 Å². The molecule has 0 atom stereocenters. The van der Waals surface area contributed by atoms with Gasteiger partial charge in [-0.3, -0.25) is 4.79 Å². The van der Waals surface area contributed by atoms with Crippen molar-refractivity contribution in [3.63, 3.8) is 0 Å². The summed E-state index contributed by atoms with van der Waals surface area (Å²) in [7, 11) is 0. The van der Waals surface area contributed by atoms with Gasteiger partial charge < -0.3 is 10.1 Å². The van der Waals surface area contributed by atoms with Crippen LogP contribution in [0.15, 0.2) is 64.0 Å². The largest absolute Gasteiger partial charge is 0.462 e. The smallest absolute Gasteiger partial charge is 0.344 e. The summed E-state index contributed by atoms with van der Waals surface area (Å²) in [5.41, 5.74) is 4.11. The molecule has 0 fully saturated rings. The minimum Gasteiger partial charge on any atom is -0.462 e. The normalized spacial score (nSPS) is 15.4. The number of hydrogen-bond donors (Lipinski definition) is 1. The summed E-state index contributed by atoms with van der Waals surface area (Å²) in [6.45, 7) is 6.00. The number of hydrogen-bond acceptors (Lipinski definition) is 5. The average molecular weight is 379 g/mol. The molecule has 0 amide bonds. The van der Waals surface area contributed by atoms with Gasteiger partial charge in [-0.2, -0.15) is 0 Å². The van der Waals surface area contributed by atoms with Crippen LogP contribution in [0.1, 0.15) is 23.6 Å². The van der Waals surface area contributed by atoms with Crippen LogP contribution >= 0.6 is 11.8 Å². The number of benzene rings is 2. The van der Waals surface area contributed by atoms with Gasteiger partial charge in [-0.1, -0.05) is 48.2 Å². The van der Waals surface area contributed by atoms with Crippen molar-refractivity contribution in [3.05, 3.63) is 80.7 Å². The number of Topliss-reactive ketones (excluding diaryl/α,β-unsaturated/α-hetero) is 1. The van der Waals surface area contributed by atoms with Crippen molar-refractivity contribution in [1.29, 1.82) is 0 Å². The van der Waals surface area contributed by atoms with Gasteiger partial charge >= 0.3 is 5.97 Å². The van der Waals surface area contributed by atoms with Crippen LogP contribution in [-0.4, -0.2) is 18.4 Å². The van der Waals surface area contributed by atoms with Crippen LogP contribution in [0, 0.1) is 13.8 Å². The van der Waals surface area contributed by atoms with Crippen LogP contribution in [0.3, 0.4) is 0 Å². The summed E-state index contributed by atoms with van der Waals surface area (Å²) in [6, 6.07) is 15.5. The summed E-state index contributed by atoms with van der Waals surface area (Å²) in [6.07, 6.45) is 1.79. The van der Waals surface area contributed by atoms with Crippen molar-refractivity contribution in [3.8, 4) is 0 Å². The second kappa shape index (κ2) is 8.27. The molecule has 0 bridgehead atoms. The van der Waals surface area contributed by atoms with Crippen molar-refractivity contribution < 1.29 is 14.3 Å². The molecule has 0 spiro atoms. The molecule has 0 aromatic heterocycles. The zero-order chi connectivity index (χ0) is 19.4. The maximum Gasteiger partial charge on any atom is 0.344 e. The number of aryl methyl sites for hydroxylation is 2. The van der Waals surface area contributed by atoms with Crippen LogP contribution in [-0.2, 0) is 14.3 Å². The third-order valence-electron chi connectivity index (χ3n) is 4.23. The Morgan fingerprint density at radius 2 is 1.85 bits per heavy atom. The van der Waals surface area contributed by atoms with Crippen LogP contribution in [0.25, 0.3) is 6.08 Å². The predicted molar refractivity (Wildman–Crippen MR) is 110 cm³/mol. The summed E-state index contributed by atoms with van der Waals surface area (Å²) >= 11 is 1.26. The van der Waals surface area contributed by atoms with Crippen molar-refractivity contribution in [2.45, 2.75) is 20.8 Å². The Morgan fingerprint density at radius 3 is 2.52 bits per heavy atom. The molecular formula is C22H21NO3S. The quantitative estimate of drug-likeness (QED) is 0.457. The lowest BCUT2D eigenvalue weighted by Gasteiger charge is -2.10. The molecule has 0 saturated heterocycles. The van der Waals surface area contributed by atoms with E-state index in [4.69, 9.17) is 4.74 Å². The molecule has 2 aromatic rings. The topological polar surface area (TPSA) is 55.4 Å². The molecule has 1 N–H and O–H groups in total. The molecular weight excluding hydrogens is 358 g/mol. The van der Waals surface area contributed by atoms with Crippen LogP contribution in [0.5, 0.6) is 0 Å². The third kappa shape index (κ3) is 4.31. The van der Waals surface area contributed by atoms with Gasteiger partial charge in [-0.25, -0.2) is 4.79 Å². The fraction of sp³-hybridized carbons (Fsp3) is 0.182. The van der Waals surface area contributed by atoms with E-state index < -0.39 is 5.97 Å². The molecule has 5 heteroatoms. The maximum atomic E-state index is 12.9. The van der Waals surface area contributed by atoms with Gasteiger partial charge in [0.05, 0.1) is 16.5 Å². The van der Waals surface area contributed by atoms with Crippen molar-refractivity contribution in [1.82, 2.24) is 0 Å². The Hall–Kier alpha value is -2.79. The Bertz CT molecular complexity index is 945. The number of anilines is 1. The van der Waals surface area contributed by atoms with Crippen molar-refractivity contribution >= 4 is 35.3 Å². The molecule has 27 heavy (non-hydrogen) atoms. The summed E-state index contributed by atoms with van der Waals surface area (Å²) < 4.78 is 5.11. The van der Waals surface area contributed by atoms with Gasteiger partial charge in [-0.05, 0) is 55.7 Å². The van der Waals surface area contributed by atoms with Gasteiger partial charge in [0.2, 0.25) is 5.78 Å². The summed E-state index contributed by atoms with van der Waals surface area (Å²) in [4.78, 5) is 25.7. The number of ketones is 1. The fourth-order valence-corrected chi connectivity index (χ4v) is 3.71. The monoisotopic (exact) mass is 379 g/mol. The second-order valence-corrected chi connectivity index (χ2v) is 7.25. The highest BCUT2D eigenvalue weighted by molar-refractivity contribution is 8.08. The lowest BCUT2D eigenvalue weighted by Crippen LogP contribution is -2.16.